The number of hydrogen-bond acceptors (Lipinski definition) is 4. The quantitative estimate of drug-likeness (QED) is 0.472. The van der Waals surface area contributed by atoms with E-state index in [4.69, 9.17) is 10.1 Å². The summed E-state index contributed by atoms with van der Waals surface area (Å²) in [7, 11) is -3.70. The van der Waals surface area contributed by atoms with Gasteiger partial charge in [-0.3, -0.25) is 0 Å². The standard InChI is InChI=1S/C25H24N4O2S/c26-32(30,31)19-7-5-6-16(15-19)17-12-13-18(14-17)24-27-21-9-2-1-8-20(21)25-28-22-10-3-4-11-23(22)29(24)25/h1-11,15,17-18,24,27H,12-14H2,(H2,26,30,31)/t17?,18?,24-/m0/s1. The number of nitrogens with zero attached hydrogens (tertiary/aromatic N) is 2. The third-order valence-corrected chi connectivity index (χ3v) is 7.83. The lowest BCUT2D eigenvalue weighted by molar-refractivity contribution is 0.373. The zero-order chi connectivity index (χ0) is 21.9. The molecule has 3 atom stereocenters. The van der Waals surface area contributed by atoms with E-state index in [1.165, 1.54) is 0 Å². The van der Waals surface area contributed by atoms with Gasteiger partial charge < -0.3 is 9.88 Å². The van der Waals surface area contributed by atoms with Crippen LogP contribution in [0.5, 0.6) is 0 Å². The highest BCUT2D eigenvalue weighted by atomic mass is 32.2. The molecule has 1 saturated carbocycles. The molecule has 1 aromatic heterocycles. The van der Waals surface area contributed by atoms with E-state index < -0.39 is 10.0 Å². The van der Waals surface area contributed by atoms with E-state index in [9.17, 15) is 8.42 Å². The molecule has 0 radical (unpaired) electrons. The number of nitrogens with two attached hydrogens (primary N) is 1. The predicted octanol–water partition coefficient (Wildman–Crippen LogP) is 4.86. The highest BCUT2D eigenvalue weighted by molar-refractivity contribution is 7.89. The fourth-order valence-corrected chi connectivity index (χ4v) is 5.99. The molecule has 0 saturated heterocycles. The van der Waals surface area contributed by atoms with Crippen molar-refractivity contribution in [1.29, 1.82) is 0 Å². The number of aromatic nitrogens is 2. The first kappa shape index (κ1) is 19.5. The molecule has 32 heavy (non-hydrogen) atoms. The Morgan fingerprint density at radius 3 is 2.66 bits per heavy atom. The number of nitrogens with one attached hydrogen (secondary N) is 1. The van der Waals surface area contributed by atoms with Gasteiger partial charge in [0, 0.05) is 11.3 Å². The maximum absolute atomic E-state index is 11.8. The van der Waals surface area contributed by atoms with Gasteiger partial charge in [0.15, 0.2) is 0 Å². The van der Waals surface area contributed by atoms with Gasteiger partial charge in [-0.15, -0.1) is 0 Å². The molecule has 2 unspecified atom stereocenters. The summed E-state index contributed by atoms with van der Waals surface area (Å²) in [5.41, 5.74) is 5.41. The first-order valence-electron chi connectivity index (χ1n) is 10.9. The van der Waals surface area contributed by atoms with Crippen LogP contribution in [0.3, 0.4) is 0 Å². The molecule has 3 aromatic carbocycles. The third-order valence-electron chi connectivity index (χ3n) is 6.92. The minimum atomic E-state index is -3.70. The maximum atomic E-state index is 11.8. The zero-order valence-corrected chi connectivity index (χ0v) is 18.3. The monoisotopic (exact) mass is 444 g/mol. The fourth-order valence-electron chi connectivity index (χ4n) is 5.42. The van der Waals surface area contributed by atoms with Gasteiger partial charge in [0.05, 0.1) is 15.9 Å². The number of anilines is 1. The van der Waals surface area contributed by atoms with E-state index in [0.29, 0.717) is 11.8 Å². The van der Waals surface area contributed by atoms with Crippen molar-refractivity contribution in [3.8, 4) is 11.4 Å². The molecule has 6 nitrogen and oxygen atoms in total. The number of hydrogen-bond donors (Lipinski definition) is 2. The largest absolute Gasteiger partial charge is 0.364 e. The number of imidazole rings is 1. The molecule has 0 spiro atoms. The Balaban J connectivity index is 1.38. The molecule has 7 heteroatoms. The van der Waals surface area contributed by atoms with Crippen LogP contribution in [0.1, 0.15) is 36.9 Å². The van der Waals surface area contributed by atoms with Gasteiger partial charge in [-0.1, -0.05) is 36.4 Å². The summed E-state index contributed by atoms with van der Waals surface area (Å²) in [4.78, 5) is 5.16. The Kier molecular flexibility index (Phi) is 4.38. The number of rotatable bonds is 3. The van der Waals surface area contributed by atoms with Crippen molar-refractivity contribution in [3.05, 3.63) is 78.4 Å². The third kappa shape index (κ3) is 3.12. The Morgan fingerprint density at radius 2 is 1.78 bits per heavy atom. The highest BCUT2D eigenvalue weighted by Crippen LogP contribution is 2.48. The van der Waals surface area contributed by atoms with Gasteiger partial charge >= 0.3 is 0 Å². The molecule has 0 amide bonds. The number of benzene rings is 3. The summed E-state index contributed by atoms with van der Waals surface area (Å²) >= 11 is 0. The summed E-state index contributed by atoms with van der Waals surface area (Å²) < 4.78 is 26.0. The van der Waals surface area contributed by atoms with E-state index in [2.05, 4.69) is 52.3 Å². The SMILES string of the molecule is NS(=O)(=O)c1cccc(C2CCC([C@H]3Nc4ccccc4-c4nc5ccccc5n43)C2)c1. The molecule has 4 aromatic rings. The lowest BCUT2D eigenvalue weighted by atomic mass is 9.94. The second kappa shape index (κ2) is 7.18. The predicted molar refractivity (Wildman–Crippen MR) is 126 cm³/mol. The molecule has 3 N–H and O–H groups in total. The van der Waals surface area contributed by atoms with E-state index in [-0.39, 0.29) is 11.1 Å². The van der Waals surface area contributed by atoms with Crippen LogP contribution >= 0.6 is 0 Å². The Hall–Kier alpha value is -3.16. The van der Waals surface area contributed by atoms with Gasteiger partial charge in [0.25, 0.3) is 0 Å². The number of sulfonamides is 1. The zero-order valence-electron chi connectivity index (χ0n) is 17.5. The molecule has 6 rings (SSSR count). The summed E-state index contributed by atoms with van der Waals surface area (Å²) in [6.45, 7) is 0. The van der Waals surface area contributed by atoms with Crippen LogP contribution < -0.4 is 10.5 Å². The molecule has 0 bridgehead atoms. The van der Waals surface area contributed by atoms with Crippen LogP contribution in [0.4, 0.5) is 5.69 Å². The lowest BCUT2D eigenvalue weighted by Gasteiger charge is -2.34. The molecule has 1 aliphatic heterocycles. The molecule has 2 heterocycles. The van der Waals surface area contributed by atoms with Crippen LogP contribution in [0, 0.1) is 5.92 Å². The lowest BCUT2D eigenvalue weighted by Crippen LogP contribution is -2.29. The number of fused-ring (bicyclic) bond motifs is 5. The Bertz CT molecular complexity index is 1440. The maximum Gasteiger partial charge on any atom is 0.238 e. The van der Waals surface area contributed by atoms with Crippen LogP contribution in [0.25, 0.3) is 22.4 Å². The number of primary sulfonamides is 1. The van der Waals surface area contributed by atoms with Crippen LogP contribution in [-0.2, 0) is 10.0 Å². The van der Waals surface area contributed by atoms with Crippen LogP contribution in [0.15, 0.2) is 77.7 Å². The summed E-state index contributed by atoms with van der Waals surface area (Å²) in [6.07, 6.45) is 3.13. The first-order valence-corrected chi connectivity index (χ1v) is 12.5. The summed E-state index contributed by atoms with van der Waals surface area (Å²) in [6, 6.07) is 23.7. The van der Waals surface area contributed by atoms with Crippen molar-refractivity contribution in [2.45, 2.75) is 36.2 Å². The molecular formula is C25H24N4O2S. The number of para-hydroxylation sites is 3. The van der Waals surface area contributed by atoms with Gasteiger partial charge in [0.1, 0.15) is 12.0 Å². The minimum Gasteiger partial charge on any atom is -0.364 e. The van der Waals surface area contributed by atoms with E-state index >= 15 is 0 Å². The normalized spacial score (nSPS) is 22.3. The van der Waals surface area contributed by atoms with Crippen LogP contribution in [-0.4, -0.2) is 18.0 Å². The van der Waals surface area contributed by atoms with Crippen LogP contribution in [0.2, 0.25) is 0 Å². The Labute approximate surface area is 187 Å². The topological polar surface area (TPSA) is 90.0 Å². The second-order valence-corrected chi connectivity index (χ2v) is 10.4. The molecule has 162 valence electrons. The first-order chi connectivity index (χ1) is 15.5. The van der Waals surface area contributed by atoms with Gasteiger partial charge in [0.2, 0.25) is 10.0 Å². The van der Waals surface area contributed by atoms with Crippen molar-refractivity contribution in [1.82, 2.24) is 9.55 Å². The average molecular weight is 445 g/mol. The molecular weight excluding hydrogens is 420 g/mol. The van der Waals surface area contributed by atoms with Crippen molar-refractivity contribution >= 4 is 26.7 Å². The minimum absolute atomic E-state index is 0.0960. The van der Waals surface area contributed by atoms with E-state index in [0.717, 1.165) is 52.9 Å². The van der Waals surface area contributed by atoms with Gasteiger partial charge in [-0.05, 0) is 73.1 Å². The van der Waals surface area contributed by atoms with Gasteiger partial charge in [-0.2, -0.15) is 0 Å². The molecule has 1 aliphatic carbocycles. The van der Waals surface area contributed by atoms with Crippen molar-refractivity contribution < 1.29 is 8.42 Å². The fraction of sp³-hybridized carbons (Fsp3) is 0.240. The average Bonchev–Trinajstić information content (AvgIpc) is 3.44. The van der Waals surface area contributed by atoms with E-state index in [1.807, 2.05) is 12.1 Å². The Morgan fingerprint density at radius 1 is 0.969 bits per heavy atom. The highest BCUT2D eigenvalue weighted by Gasteiger charge is 2.37. The van der Waals surface area contributed by atoms with Crippen molar-refractivity contribution in [2.75, 3.05) is 5.32 Å². The van der Waals surface area contributed by atoms with Crippen molar-refractivity contribution in [3.63, 3.8) is 0 Å². The smallest absolute Gasteiger partial charge is 0.238 e. The molecule has 1 fully saturated rings. The molecule has 2 aliphatic rings. The van der Waals surface area contributed by atoms with Crippen molar-refractivity contribution in [2.24, 2.45) is 11.1 Å². The van der Waals surface area contributed by atoms with Gasteiger partial charge in [-0.25, -0.2) is 18.5 Å². The summed E-state index contributed by atoms with van der Waals surface area (Å²) in [5, 5.41) is 9.15. The second-order valence-electron chi connectivity index (χ2n) is 8.82. The van der Waals surface area contributed by atoms with E-state index in [1.54, 1.807) is 18.2 Å². The summed E-state index contributed by atoms with van der Waals surface area (Å²) in [5.74, 6) is 1.70.